The van der Waals surface area contributed by atoms with Crippen LogP contribution in [0.1, 0.15) is 17.0 Å². The van der Waals surface area contributed by atoms with Crippen molar-refractivity contribution in [2.24, 2.45) is 0 Å². The maximum Gasteiger partial charge on any atom is 0.243 e. The quantitative estimate of drug-likeness (QED) is 0.483. The summed E-state index contributed by atoms with van der Waals surface area (Å²) in [6.45, 7) is 3.33. The fourth-order valence-corrected chi connectivity index (χ4v) is 4.61. The molecule has 0 fully saturated rings. The monoisotopic (exact) mass is 437 g/mol. The Labute approximate surface area is 171 Å². The van der Waals surface area contributed by atoms with Crippen LogP contribution in [0.15, 0.2) is 29.4 Å². The van der Waals surface area contributed by atoms with Gasteiger partial charge in [0.15, 0.2) is 5.82 Å². The van der Waals surface area contributed by atoms with Crippen molar-refractivity contribution in [1.82, 2.24) is 19.7 Å². The second-order valence-corrected chi connectivity index (χ2v) is 9.28. The first-order valence-corrected chi connectivity index (χ1v) is 11.0. The highest BCUT2D eigenvalue weighted by Gasteiger charge is 2.22. The predicted molar refractivity (Wildman–Crippen MR) is 109 cm³/mol. The van der Waals surface area contributed by atoms with E-state index < -0.39 is 20.7 Å². The number of anilines is 1. The first kappa shape index (κ1) is 21.2. The Kier molecular flexibility index (Phi) is 6.22. The maximum absolute atomic E-state index is 14.4. The molecule has 1 aromatic carbocycles. The lowest BCUT2D eigenvalue weighted by Gasteiger charge is -2.12. The number of sulfonamides is 1. The minimum atomic E-state index is -4.09. The number of hydrogen-bond acceptors (Lipinski definition) is 8. The first-order chi connectivity index (χ1) is 13.7. The van der Waals surface area contributed by atoms with Gasteiger partial charge in [-0.15, -0.1) is 11.3 Å². The molecule has 0 spiro atoms. The number of aryl methyl sites for hydroxylation is 2. The van der Waals surface area contributed by atoms with Gasteiger partial charge in [0.1, 0.15) is 16.4 Å². The molecular formula is C18H20FN5O3S2. The molecule has 0 saturated heterocycles. The van der Waals surface area contributed by atoms with Crippen molar-refractivity contribution in [3.63, 3.8) is 0 Å². The molecule has 3 aromatic rings. The number of halogens is 1. The SMILES string of the molecule is Cc1ncc(-c2nc(-c3cc(S(=O)(=O)NCCCO)c(F)cc3C)cnc2N)s1. The molecule has 0 saturated carbocycles. The molecule has 0 unspecified atom stereocenters. The van der Waals surface area contributed by atoms with E-state index in [2.05, 4.69) is 19.7 Å². The molecule has 29 heavy (non-hydrogen) atoms. The van der Waals surface area contributed by atoms with E-state index in [0.29, 0.717) is 22.5 Å². The summed E-state index contributed by atoms with van der Waals surface area (Å²) >= 11 is 1.40. The van der Waals surface area contributed by atoms with Gasteiger partial charge in [-0.05, 0) is 38.0 Å². The summed E-state index contributed by atoms with van der Waals surface area (Å²) in [6.07, 6.45) is 3.28. The molecule has 0 aliphatic heterocycles. The number of nitrogen functional groups attached to an aromatic ring is 1. The molecule has 154 valence electrons. The Balaban J connectivity index is 2.08. The molecule has 0 amide bonds. The van der Waals surface area contributed by atoms with E-state index in [4.69, 9.17) is 10.8 Å². The number of aliphatic hydroxyl groups is 1. The summed E-state index contributed by atoms with van der Waals surface area (Å²) in [4.78, 5) is 13.1. The third kappa shape index (κ3) is 4.58. The number of nitrogens with zero attached hydrogens (tertiary/aromatic N) is 3. The Morgan fingerprint density at radius 1 is 1.24 bits per heavy atom. The van der Waals surface area contributed by atoms with Crippen LogP contribution in [0.5, 0.6) is 0 Å². The molecule has 11 heteroatoms. The maximum atomic E-state index is 14.4. The van der Waals surface area contributed by atoms with Gasteiger partial charge in [0.2, 0.25) is 10.0 Å². The number of aliphatic hydroxyl groups excluding tert-OH is 1. The molecule has 0 aliphatic carbocycles. The Bertz CT molecular complexity index is 1150. The van der Waals surface area contributed by atoms with Crippen molar-refractivity contribution in [2.75, 3.05) is 18.9 Å². The zero-order chi connectivity index (χ0) is 21.2. The van der Waals surface area contributed by atoms with Crippen LogP contribution in [0.25, 0.3) is 21.8 Å². The second-order valence-electron chi connectivity index (χ2n) is 6.31. The van der Waals surface area contributed by atoms with Gasteiger partial charge >= 0.3 is 0 Å². The molecular weight excluding hydrogens is 417 g/mol. The van der Waals surface area contributed by atoms with Crippen LogP contribution in [0, 0.1) is 19.7 Å². The molecule has 0 radical (unpaired) electrons. The third-order valence-corrected chi connectivity index (χ3v) is 6.52. The van der Waals surface area contributed by atoms with E-state index in [1.54, 1.807) is 13.1 Å². The van der Waals surface area contributed by atoms with E-state index in [-0.39, 0.29) is 25.4 Å². The lowest BCUT2D eigenvalue weighted by Crippen LogP contribution is -2.26. The van der Waals surface area contributed by atoms with Crippen LogP contribution in [0.2, 0.25) is 0 Å². The molecule has 0 atom stereocenters. The minimum Gasteiger partial charge on any atom is -0.396 e. The molecule has 2 aromatic heterocycles. The van der Waals surface area contributed by atoms with E-state index in [9.17, 15) is 12.8 Å². The molecule has 8 nitrogen and oxygen atoms in total. The number of benzene rings is 1. The normalized spacial score (nSPS) is 11.7. The van der Waals surface area contributed by atoms with E-state index in [0.717, 1.165) is 16.0 Å². The lowest BCUT2D eigenvalue weighted by atomic mass is 10.1. The zero-order valence-electron chi connectivity index (χ0n) is 15.8. The molecule has 2 heterocycles. The molecule has 3 rings (SSSR count). The third-order valence-electron chi connectivity index (χ3n) is 4.13. The largest absolute Gasteiger partial charge is 0.396 e. The number of rotatable bonds is 7. The first-order valence-electron chi connectivity index (χ1n) is 8.69. The summed E-state index contributed by atoms with van der Waals surface area (Å²) in [7, 11) is -4.09. The Hall–Kier alpha value is -2.47. The Morgan fingerprint density at radius 2 is 2.00 bits per heavy atom. The fourth-order valence-electron chi connectivity index (χ4n) is 2.68. The van der Waals surface area contributed by atoms with Crippen LogP contribution in [-0.2, 0) is 10.0 Å². The van der Waals surface area contributed by atoms with Crippen molar-refractivity contribution in [3.05, 3.63) is 40.9 Å². The standard InChI is InChI=1S/C18H20FN5O3S2/c1-10-6-13(19)16(29(26,27)23-4-3-5-25)7-12(10)14-8-22-18(20)17(24-14)15-9-21-11(2)28-15/h6-9,23,25H,3-5H2,1-2H3,(H2,20,22). The average Bonchev–Trinajstić information content (AvgIpc) is 3.08. The highest BCUT2D eigenvalue weighted by Crippen LogP contribution is 2.32. The lowest BCUT2D eigenvalue weighted by molar-refractivity contribution is 0.289. The van der Waals surface area contributed by atoms with Crippen molar-refractivity contribution in [2.45, 2.75) is 25.2 Å². The van der Waals surface area contributed by atoms with Crippen LogP contribution in [0.3, 0.4) is 0 Å². The number of thiazole rings is 1. The van der Waals surface area contributed by atoms with E-state index >= 15 is 0 Å². The van der Waals surface area contributed by atoms with Gasteiger partial charge in [0, 0.05) is 24.9 Å². The highest BCUT2D eigenvalue weighted by molar-refractivity contribution is 7.89. The van der Waals surface area contributed by atoms with Gasteiger partial charge in [-0.1, -0.05) is 0 Å². The van der Waals surface area contributed by atoms with Gasteiger partial charge in [0.25, 0.3) is 0 Å². The van der Waals surface area contributed by atoms with Crippen LogP contribution >= 0.6 is 11.3 Å². The molecule has 4 N–H and O–H groups in total. The topological polar surface area (TPSA) is 131 Å². The summed E-state index contributed by atoms with van der Waals surface area (Å²) in [5.41, 5.74) is 7.68. The molecule has 0 bridgehead atoms. The van der Waals surface area contributed by atoms with Crippen LogP contribution < -0.4 is 10.5 Å². The fraction of sp³-hybridized carbons (Fsp3) is 0.278. The van der Waals surface area contributed by atoms with Crippen molar-refractivity contribution < 1.29 is 17.9 Å². The summed E-state index contributed by atoms with van der Waals surface area (Å²) in [5, 5.41) is 9.66. The van der Waals surface area contributed by atoms with E-state index in [1.807, 2.05) is 6.92 Å². The summed E-state index contributed by atoms with van der Waals surface area (Å²) in [6, 6.07) is 2.37. The van der Waals surface area contributed by atoms with Gasteiger partial charge in [-0.2, -0.15) is 0 Å². The number of nitrogens with two attached hydrogens (primary N) is 1. The molecule has 0 aliphatic rings. The minimum absolute atomic E-state index is 0.00195. The van der Waals surface area contributed by atoms with Gasteiger partial charge < -0.3 is 10.8 Å². The highest BCUT2D eigenvalue weighted by atomic mass is 32.2. The number of hydrogen-bond donors (Lipinski definition) is 3. The Morgan fingerprint density at radius 3 is 2.66 bits per heavy atom. The van der Waals surface area contributed by atoms with Crippen molar-refractivity contribution in [3.8, 4) is 21.8 Å². The number of aromatic nitrogens is 3. The van der Waals surface area contributed by atoms with Crippen LogP contribution in [-0.4, -0.2) is 41.6 Å². The average molecular weight is 438 g/mol. The van der Waals surface area contributed by atoms with E-state index in [1.165, 1.54) is 23.6 Å². The van der Waals surface area contributed by atoms with Crippen molar-refractivity contribution in [1.29, 1.82) is 0 Å². The van der Waals surface area contributed by atoms with Gasteiger partial charge in [-0.3, -0.25) is 0 Å². The van der Waals surface area contributed by atoms with Gasteiger partial charge in [0.05, 0.1) is 21.8 Å². The van der Waals surface area contributed by atoms with Crippen molar-refractivity contribution >= 4 is 27.2 Å². The summed E-state index contributed by atoms with van der Waals surface area (Å²) in [5.74, 6) is -0.653. The second kappa shape index (κ2) is 8.49. The summed E-state index contributed by atoms with van der Waals surface area (Å²) < 4.78 is 41.6. The predicted octanol–water partition coefficient (Wildman–Crippen LogP) is 2.27. The zero-order valence-corrected chi connectivity index (χ0v) is 17.4. The number of nitrogens with one attached hydrogen (secondary N) is 1. The smallest absolute Gasteiger partial charge is 0.243 e. The van der Waals surface area contributed by atoms with Gasteiger partial charge in [-0.25, -0.2) is 32.5 Å². The van der Waals surface area contributed by atoms with Crippen LogP contribution in [0.4, 0.5) is 10.2 Å².